The molecule has 0 radical (unpaired) electrons. The molecular weight excluding hydrogens is 266 g/mol. The average molecular weight is 286 g/mol. The SMILES string of the molecule is CCCN(CCC)C(C(=O)O)c1cc(Cl)ccc1O. The Labute approximate surface area is 118 Å². The molecule has 1 atom stereocenters. The van der Waals surface area contributed by atoms with Crippen LogP contribution in [0.1, 0.15) is 38.3 Å². The molecule has 106 valence electrons. The van der Waals surface area contributed by atoms with Crippen molar-refractivity contribution in [1.29, 1.82) is 0 Å². The van der Waals surface area contributed by atoms with Crippen LogP contribution >= 0.6 is 11.6 Å². The molecule has 2 N–H and O–H groups in total. The molecular formula is C14H20ClNO3. The van der Waals surface area contributed by atoms with Gasteiger partial charge in [0.05, 0.1) is 0 Å². The summed E-state index contributed by atoms with van der Waals surface area (Å²) in [5.74, 6) is -1.01. The Hall–Kier alpha value is -1.26. The Morgan fingerprint density at radius 2 is 1.89 bits per heavy atom. The van der Waals surface area contributed by atoms with Gasteiger partial charge in [0.15, 0.2) is 0 Å². The predicted molar refractivity (Wildman–Crippen MR) is 75.6 cm³/mol. The molecule has 0 spiro atoms. The van der Waals surface area contributed by atoms with Gasteiger partial charge in [-0.15, -0.1) is 0 Å². The third kappa shape index (κ3) is 4.11. The van der Waals surface area contributed by atoms with E-state index in [2.05, 4.69) is 0 Å². The molecule has 0 aliphatic rings. The lowest BCUT2D eigenvalue weighted by molar-refractivity contribution is -0.143. The van der Waals surface area contributed by atoms with Crippen molar-refractivity contribution in [1.82, 2.24) is 4.90 Å². The zero-order chi connectivity index (χ0) is 14.4. The summed E-state index contributed by atoms with van der Waals surface area (Å²) in [5, 5.41) is 19.8. The van der Waals surface area contributed by atoms with Gasteiger partial charge in [0.25, 0.3) is 0 Å². The summed E-state index contributed by atoms with van der Waals surface area (Å²) in [6, 6.07) is 3.64. The van der Waals surface area contributed by atoms with Crippen molar-refractivity contribution in [3.63, 3.8) is 0 Å². The fraction of sp³-hybridized carbons (Fsp3) is 0.500. The molecule has 1 unspecified atom stereocenters. The number of aliphatic carboxylic acids is 1. The number of phenolic OH excluding ortho intramolecular Hbond substituents is 1. The molecule has 0 aromatic heterocycles. The minimum atomic E-state index is -0.973. The highest BCUT2D eigenvalue weighted by Gasteiger charge is 2.28. The summed E-state index contributed by atoms with van der Waals surface area (Å²) in [6.07, 6.45) is 1.70. The second-order valence-electron chi connectivity index (χ2n) is 4.48. The van der Waals surface area contributed by atoms with E-state index in [1.54, 1.807) is 6.07 Å². The molecule has 19 heavy (non-hydrogen) atoms. The number of hydrogen-bond acceptors (Lipinski definition) is 3. The Morgan fingerprint density at radius 3 is 2.37 bits per heavy atom. The lowest BCUT2D eigenvalue weighted by Crippen LogP contribution is -2.35. The van der Waals surface area contributed by atoms with Crippen molar-refractivity contribution in [3.05, 3.63) is 28.8 Å². The smallest absolute Gasteiger partial charge is 0.325 e. The molecule has 5 heteroatoms. The summed E-state index contributed by atoms with van der Waals surface area (Å²) in [4.78, 5) is 13.4. The van der Waals surface area contributed by atoms with E-state index in [1.807, 2.05) is 18.7 Å². The Morgan fingerprint density at radius 1 is 1.32 bits per heavy atom. The van der Waals surface area contributed by atoms with E-state index in [0.29, 0.717) is 23.7 Å². The molecule has 1 aromatic carbocycles. The van der Waals surface area contributed by atoms with Gasteiger partial charge in [0.2, 0.25) is 0 Å². The molecule has 0 aliphatic heterocycles. The zero-order valence-corrected chi connectivity index (χ0v) is 12.0. The van der Waals surface area contributed by atoms with Crippen LogP contribution in [0.25, 0.3) is 0 Å². The quantitative estimate of drug-likeness (QED) is 0.807. The van der Waals surface area contributed by atoms with Crippen LogP contribution in [0.4, 0.5) is 0 Å². The summed E-state index contributed by atoms with van der Waals surface area (Å²) < 4.78 is 0. The molecule has 4 nitrogen and oxygen atoms in total. The molecule has 0 amide bonds. The van der Waals surface area contributed by atoms with Gasteiger partial charge in [-0.2, -0.15) is 0 Å². The van der Waals surface area contributed by atoms with Crippen LogP contribution in [0, 0.1) is 0 Å². The number of benzene rings is 1. The second-order valence-corrected chi connectivity index (χ2v) is 4.92. The average Bonchev–Trinajstić information content (AvgIpc) is 2.34. The first kappa shape index (κ1) is 15.8. The molecule has 0 bridgehead atoms. The van der Waals surface area contributed by atoms with Crippen molar-refractivity contribution in [2.75, 3.05) is 13.1 Å². The molecule has 0 aliphatic carbocycles. The van der Waals surface area contributed by atoms with Gasteiger partial charge in [0, 0.05) is 10.6 Å². The van der Waals surface area contributed by atoms with Crippen LogP contribution < -0.4 is 0 Å². The first-order valence-corrected chi connectivity index (χ1v) is 6.84. The molecule has 0 heterocycles. The molecule has 0 fully saturated rings. The Balaban J connectivity index is 3.17. The minimum absolute atomic E-state index is 0.0333. The highest BCUT2D eigenvalue weighted by Crippen LogP contribution is 2.31. The van der Waals surface area contributed by atoms with E-state index >= 15 is 0 Å². The number of carbonyl (C=O) groups is 1. The van der Waals surface area contributed by atoms with Gasteiger partial charge in [-0.1, -0.05) is 25.4 Å². The van der Waals surface area contributed by atoms with E-state index in [-0.39, 0.29) is 5.75 Å². The van der Waals surface area contributed by atoms with E-state index < -0.39 is 12.0 Å². The van der Waals surface area contributed by atoms with Crippen LogP contribution in [0.5, 0.6) is 5.75 Å². The maximum absolute atomic E-state index is 11.6. The van der Waals surface area contributed by atoms with E-state index in [4.69, 9.17) is 11.6 Å². The second kappa shape index (κ2) is 7.36. The first-order chi connectivity index (χ1) is 9.01. The van der Waals surface area contributed by atoms with Crippen molar-refractivity contribution in [2.24, 2.45) is 0 Å². The highest BCUT2D eigenvalue weighted by molar-refractivity contribution is 6.30. The monoisotopic (exact) mass is 285 g/mol. The molecule has 1 aromatic rings. The van der Waals surface area contributed by atoms with Crippen molar-refractivity contribution >= 4 is 17.6 Å². The number of aromatic hydroxyl groups is 1. The van der Waals surface area contributed by atoms with E-state index in [9.17, 15) is 15.0 Å². The Kier molecular flexibility index (Phi) is 6.12. The number of carboxylic acid groups (broad SMARTS) is 1. The number of phenols is 1. The van der Waals surface area contributed by atoms with Crippen LogP contribution in [-0.2, 0) is 4.79 Å². The number of halogens is 1. The lowest BCUT2D eigenvalue weighted by Gasteiger charge is -2.28. The summed E-state index contributed by atoms with van der Waals surface area (Å²) >= 11 is 5.90. The van der Waals surface area contributed by atoms with Crippen LogP contribution in [0.15, 0.2) is 18.2 Å². The lowest BCUT2D eigenvalue weighted by atomic mass is 10.0. The fourth-order valence-electron chi connectivity index (χ4n) is 2.17. The summed E-state index contributed by atoms with van der Waals surface area (Å²) in [6.45, 7) is 5.33. The van der Waals surface area contributed by atoms with Crippen LogP contribution in [0.2, 0.25) is 5.02 Å². The van der Waals surface area contributed by atoms with Crippen LogP contribution in [-0.4, -0.2) is 34.2 Å². The standard InChI is InChI=1S/C14H20ClNO3/c1-3-7-16(8-4-2)13(14(18)19)11-9-10(15)5-6-12(11)17/h5-6,9,13,17H,3-4,7-8H2,1-2H3,(H,18,19). The number of nitrogens with zero attached hydrogens (tertiary/aromatic N) is 1. The zero-order valence-electron chi connectivity index (χ0n) is 11.3. The topological polar surface area (TPSA) is 60.8 Å². The van der Waals surface area contributed by atoms with E-state index in [1.165, 1.54) is 12.1 Å². The number of rotatable bonds is 7. The highest BCUT2D eigenvalue weighted by atomic mass is 35.5. The third-order valence-corrected chi connectivity index (χ3v) is 3.14. The summed E-state index contributed by atoms with van der Waals surface area (Å²) in [7, 11) is 0. The van der Waals surface area contributed by atoms with Gasteiger partial charge in [-0.3, -0.25) is 9.69 Å². The normalized spacial score (nSPS) is 12.6. The molecule has 0 saturated carbocycles. The first-order valence-electron chi connectivity index (χ1n) is 6.46. The molecule has 0 saturated heterocycles. The van der Waals surface area contributed by atoms with Gasteiger partial charge in [0.1, 0.15) is 11.8 Å². The van der Waals surface area contributed by atoms with Gasteiger partial charge in [-0.25, -0.2) is 0 Å². The predicted octanol–water partition coefficient (Wildman–Crippen LogP) is 3.29. The van der Waals surface area contributed by atoms with Crippen molar-refractivity contribution in [3.8, 4) is 5.75 Å². The van der Waals surface area contributed by atoms with Gasteiger partial charge < -0.3 is 10.2 Å². The number of carboxylic acids is 1. The maximum atomic E-state index is 11.6. The fourth-order valence-corrected chi connectivity index (χ4v) is 2.36. The maximum Gasteiger partial charge on any atom is 0.325 e. The van der Waals surface area contributed by atoms with Crippen LogP contribution in [0.3, 0.4) is 0 Å². The van der Waals surface area contributed by atoms with E-state index in [0.717, 1.165) is 12.8 Å². The van der Waals surface area contributed by atoms with Gasteiger partial charge >= 0.3 is 5.97 Å². The molecule has 1 rings (SSSR count). The summed E-state index contributed by atoms with van der Waals surface area (Å²) in [5.41, 5.74) is 0.349. The Bertz CT molecular complexity index is 431. The number of hydrogen-bond donors (Lipinski definition) is 2. The van der Waals surface area contributed by atoms with Crippen molar-refractivity contribution < 1.29 is 15.0 Å². The van der Waals surface area contributed by atoms with Gasteiger partial charge in [-0.05, 0) is 44.1 Å². The minimum Gasteiger partial charge on any atom is -0.508 e. The largest absolute Gasteiger partial charge is 0.508 e. The van der Waals surface area contributed by atoms with Crippen molar-refractivity contribution in [2.45, 2.75) is 32.7 Å². The third-order valence-electron chi connectivity index (χ3n) is 2.90.